The van der Waals surface area contributed by atoms with Crippen molar-refractivity contribution in [1.29, 1.82) is 0 Å². The van der Waals surface area contributed by atoms with Crippen molar-refractivity contribution in [2.45, 2.75) is 33.1 Å². The molecule has 0 aliphatic heterocycles. The van der Waals surface area contributed by atoms with Gasteiger partial charge in [0.25, 0.3) is 0 Å². The molecule has 1 aliphatic carbocycles. The third-order valence-electron chi connectivity index (χ3n) is 2.59. The van der Waals surface area contributed by atoms with E-state index in [2.05, 4.69) is 6.92 Å². The van der Waals surface area contributed by atoms with Crippen molar-refractivity contribution in [3.8, 4) is 0 Å². The highest BCUT2D eigenvalue weighted by Crippen LogP contribution is 2.52. The zero-order chi connectivity index (χ0) is 7.78. The van der Waals surface area contributed by atoms with Crippen LogP contribution >= 0.6 is 0 Å². The number of hydrogen-bond donors (Lipinski definition) is 1. The average Bonchev–Trinajstić information content (AvgIpc) is 2.49. The Labute approximate surface area is 61.2 Å². The highest BCUT2D eigenvalue weighted by Gasteiger charge is 2.47. The van der Waals surface area contributed by atoms with Crippen LogP contribution in [-0.2, 0) is 4.79 Å². The van der Waals surface area contributed by atoms with Gasteiger partial charge in [-0.3, -0.25) is 4.79 Å². The fourth-order valence-electron chi connectivity index (χ4n) is 1.51. The maximum atomic E-state index is 10.6. The molecule has 0 saturated heterocycles. The summed E-state index contributed by atoms with van der Waals surface area (Å²) in [6.45, 7) is 4.01. The Hall–Kier alpha value is -0.530. The van der Waals surface area contributed by atoms with Gasteiger partial charge in [-0.2, -0.15) is 0 Å². The molecule has 2 nitrogen and oxygen atoms in total. The van der Waals surface area contributed by atoms with Crippen LogP contribution in [0.3, 0.4) is 0 Å². The Morgan fingerprint density at radius 1 is 1.70 bits per heavy atom. The van der Waals surface area contributed by atoms with E-state index in [4.69, 9.17) is 5.11 Å². The first-order chi connectivity index (χ1) is 4.60. The number of aliphatic carboxylic acids is 1. The van der Waals surface area contributed by atoms with Gasteiger partial charge in [-0.1, -0.05) is 13.8 Å². The molecular formula is C8H14O2. The van der Waals surface area contributed by atoms with E-state index in [0.29, 0.717) is 0 Å². The lowest BCUT2D eigenvalue weighted by atomic mass is 9.89. The molecule has 0 amide bonds. The normalized spacial score (nSPS) is 23.8. The first-order valence-corrected chi connectivity index (χ1v) is 3.83. The first-order valence-electron chi connectivity index (χ1n) is 3.83. The summed E-state index contributed by atoms with van der Waals surface area (Å²) in [7, 11) is 0. The van der Waals surface area contributed by atoms with Crippen molar-refractivity contribution in [3.05, 3.63) is 0 Å². The van der Waals surface area contributed by atoms with Crippen molar-refractivity contribution in [2.24, 2.45) is 11.3 Å². The molecule has 0 bridgehead atoms. The van der Waals surface area contributed by atoms with Crippen LogP contribution in [-0.4, -0.2) is 11.1 Å². The molecule has 0 aromatic rings. The van der Waals surface area contributed by atoms with Crippen LogP contribution < -0.4 is 0 Å². The van der Waals surface area contributed by atoms with Crippen molar-refractivity contribution >= 4 is 5.97 Å². The van der Waals surface area contributed by atoms with Gasteiger partial charge in [0.2, 0.25) is 0 Å². The van der Waals surface area contributed by atoms with Gasteiger partial charge < -0.3 is 5.11 Å². The molecule has 10 heavy (non-hydrogen) atoms. The Morgan fingerprint density at radius 3 is 2.30 bits per heavy atom. The van der Waals surface area contributed by atoms with Crippen molar-refractivity contribution in [2.75, 3.05) is 0 Å². The highest BCUT2D eigenvalue weighted by molar-refractivity contribution is 5.71. The summed E-state index contributed by atoms with van der Waals surface area (Å²) < 4.78 is 0. The molecular weight excluding hydrogens is 128 g/mol. The minimum absolute atomic E-state index is 0.104. The Bertz CT molecular complexity index is 147. The van der Waals surface area contributed by atoms with E-state index >= 15 is 0 Å². The number of carbonyl (C=O) groups is 1. The maximum Gasteiger partial charge on any atom is 0.307 e. The van der Waals surface area contributed by atoms with Gasteiger partial charge >= 0.3 is 5.97 Å². The fourth-order valence-corrected chi connectivity index (χ4v) is 1.51. The van der Waals surface area contributed by atoms with Gasteiger partial charge in [0, 0.05) is 0 Å². The van der Waals surface area contributed by atoms with Gasteiger partial charge in [0.1, 0.15) is 0 Å². The molecule has 2 heteroatoms. The molecule has 1 unspecified atom stereocenters. The number of hydrogen-bond acceptors (Lipinski definition) is 1. The maximum absolute atomic E-state index is 10.6. The van der Waals surface area contributed by atoms with Crippen LogP contribution in [0.15, 0.2) is 0 Å². The topological polar surface area (TPSA) is 37.3 Å². The van der Waals surface area contributed by atoms with E-state index in [-0.39, 0.29) is 11.3 Å². The van der Waals surface area contributed by atoms with Gasteiger partial charge in [-0.15, -0.1) is 0 Å². The Morgan fingerprint density at radius 2 is 2.20 bits per heavy atom. The molecule has 0 aromatic heterocycles. The molecule has 58 valence electrons. The van der Waals surface area contributed by atoms with Crippen LogP contribution in [0.5, 0.6) is 0 Å². The summed E-state index contributed by atoms with van der Waals surface area (Å²) in [6, 6.07) is 0. The second-order valence-corrected chi connectivity index (χ2v) is 3.45. The molecule has 1 atom stereocenters. The smallest absolute Gasteiger partial charge is 0.307 e. The molecule has 1 saturated carbocycles. The van der Waals surface area contributed by atoms with Gasteiger partial charge in [0.05, 0.1) is 5.92 Å². The van der Waals surface area contributed by atoms with E-state index in [0.717, 1.165) is 19.3 Å². The third kappa shape index (κ3) is 1.15. The van der Waals surface area contributed by atoms with Gasteiger partial charge in [-0.05, 0) is 24.7 Å². The predicted molar refractivity (Wildman–Crippen MR) is 38.8 cm³/mol. The minimum atomic E-state index is -0.623. The first kappa shape index (κ1) is 7.58. The summed E-state index contributed by atoms with van der Waals surface area (Å²) in [5.41, 5.74) is 0.139. The number of rotatable bonds is 3. The summed E-state index contributed by atoms with van der Waals surface area (Å²) in [6.07, 6.45) is 2.96. The van der Waals surface area contributed by atoms with Crippen LogP contribution in [0.25, 0.3) is 0 Å². The lowest BCUT2D eigenvalue weighted by Crippen LogP contribution is -2.21. The quantitative estimate of drug-likeness (QED) is 0.653. The molecule has 1 N–H and O–H groups in total. The number of carboxylic acid groups (broad SMARTS) is 1. The zero-order valence-electron chi connectivity index (χ0n) is 6.55. The van der Waals surface area contributed by atoms with Crippen molar-refractivity contribution < 1.29 is 9.90 Å². The van der Waals surface area contributed by atoms with Gasteiger partial charge in [0.15, 0.2) is 0 Å². The summed E-state index contributed by atoms with van der Waals surface area (Å²) >= 11 is 0. The standard InChI is InChI=1S/C8H14O2/c1-3-6(7(9)10)8(2)4-5-8/h6H,3-5H2,1-2H3,(H,9,10). The van der Waals surface area contributed by atoms with Crippen LogP contribution in [0, 0.1) is 11.3 Å². The SMILES string of the molecule is CCC(C(=O)O)C1(C)CC1. The molecule has 1 aliphatic rings. The van der Waals surface area contributed by atoms with Crippen molar-refractivity contribution in [3.63, 3.8) is 0 Å². The molecule has 0 aromatic carbocycles. The summed E-state index contributed by atoms with van der Waals surface area (Å²) in [5, 5.41) is 8.75. The predicted octanol–water partition coefficient (Wildman–Crippen LogP) is 1.90. The second-order valence-electron chi connectivity index (χ2n) is 3.45. The van der Waals surface area contributed by atoms with Gasteiger partial charge in [-0.25, -0.2) is 0 Å². The molecule has 0 radical (unpaired) electrons. The Balaban J connectivity index is 2.57. The third-order valence-corrected chi connectivity index (χ3v) is 2.59. The minimum Gasteiger partial charge on any atom is -0.481 e. The second kappa shape index (κ2) is 2.26. The van der Waals surface area contributed by atoms with Crippen LogP contribution in [0.1, 0.15) is 33.1 Å². The van der Waals surface area contributed by atoms with Crippen molar-refractivity contribution in [1.82, 2.24) is 0 Å². The van der Waals surface area contributed by atoms with Crippen LogP contribution in [0.4, 0.5) is 0 Å². The van der Waals surface area contributed by atoms with E-state index in [1.54, 1.807) is 0 Å². The molecule has 0 spiro atoms. The number of carboxylic acids is 1. The summed E-state index contributed by atoms with van der Waals surface area (Å²) in [5.74, 6) is -0.727. The largest absolute Gasteiger partial charge is 0.481 e. The van der Waals surface area contributed by atoms with E-state index < -0.39 is 5.97 Å². The van der Waals surface area contributed by atoms with E-state index in [1.165, 1.54) is 0 Å². The Kier molecular flexibility index (Phi) is 1.71. The van der Waals surface area contributed by atoms with E-state index in [1.807, 2.05) is 6.92 Å². The monoisotopic (exact) mass is 142 g/mol. The lowest BCUT2D eigenvalue weighted by Gasteiger charge is -2.15. The molecule has 0 heterocycles. The average molecular weight is 142 g/mol. The summed E-state index contributed by atoms with van der Waals surface area (Å²) in [4.78, 5) is 10.6. The van der Waals surface area contributed by atoms with Crippen LogP contribution in [0.2, 0.25) is 0 Å². The lowest BCUT2D eigenvalue weighted by molar-refractivity contribution is -0.144. The fraction of sp³-hybridized carbons (Fsp3) is 0.875. The molecule has 1 fully saturated rings. The molecule has 1 rings (SSSR count). The zero-order valence-corrected chi connectivity index (χ0v) is 6.55. The highest BCUT2D eigenvalue weighted by atomic mass is 16.4. The van der Waals surface area contributed by atoms with E-state index in [9.17, 15) is 4.79 Å².